The van der Waals surface area contributed by atoms with Gasteiger partial charge in [0, 0.05) is 5.92 Å². The first kappa shape index (κ1) is 16.6. The molecule has 0 fully saturated rings. The van der Waals surface area contributed by atoms with E-state index in [1.165, 1.54) is 12.1 Å². The summed E-state index contributed by atoms with van der Waals surface area (Å²) in [5.41, 5.74) is -0.660. The Morgan fingerprint density at radius 3 is 2.50 bits per heavy atom. The maximum atomic E-state index is 12.6. The highest BCUT2D eigenvalue weighted by Gasteiger charge is 2.30. The predicted molar refractivity (Wildman–Crippen MR) is 80.8 cm³/mol. The van der Waals surface area contributed by atoms with Gasteiger partial charge in [0.05, 0.1) is 5.56 Å². The van der Waals surface area contributed by atoms with Gasteiger partial charge in [-0.05, 0) is 50.7 Å². The molecule has 0 saturated heterocycles. The van der Waals surface area contributed by atoms with Crippen LogP contribution in [0.25, 0.3) is 0 Å². The Morgan fingerprint density at radius 1 is 1.23 bits per heavy atom. The zero-order valence-electron chi connectivity index (χ0n) is 12.4. The Labute approximate surface area is 128 Å². The molecule has 0 amide bonds. The third-order valence-corrected chi connectivity index (χ3v) is 3.64. The fraction of sp³-hybridized carbons (Fsp3) is 0.412. The predicted octanol–water partition coefficient (Wildman–Crippen LogP) is 4.19. The molecular weight excluding hydrogens is 291 g/mol. The molecular formula is C17H20F3NO. The quantitative estimate of drug-likeness (QED) is 0.850. The maximum Gasteiger partial charge on any atom is 0.416 e. The van der Waals surface area contributed by atoms with E-state index in [0.29, 0.717) is 5.75 Å². The number of hydrogen-bond donors (Lipinski definition) is 1. The van der Waals surface area contributed by atoms with Gasteiger partial charge in [-0.3, -0.25) is 0 Å². The van der Waals surface area contributed by atoms with Crippen LogP contribution in [0.15, 0.2) is 48.6 Å². The van der Waals surface area contributed by atoms with Crippen molar-refractivity contribution >= 4 is 0 Å². The molecule has 0 bridgehead atoms. The number of nitrogens with one attached hydrogen (secondary N) is 1. The van der Waals surface area contributed by atoms with Crippen LogP contribution in [0.5, 0.6) is 5.75 Å². The van der Waals surface area contributed by atoms with E-state index >= 15 is 0 Å². The lowest BCUT2D eigenvalue weighted by molar-refractivity contribution is -0.137. The summed E-state index contributed by atoms with van der Waals surface area (Å²) in [6, 6.07) is 4.89. The van der Waals surface area contributed by atoms with E-state index < -0.39 is 11.7 Å². The van der Waals surface area contributed by atoms with Gasteiger partial charge >= 0.3 is 6.18 Å². The SMILES string of the molecule is CNCCC(Oc1ccc(C(F)(F)F)cc1)C1C=CC=CC1. The zero-order chi connectivity index (χ0) is 16.0. The molecule has 0 aromatic heterocycles. The van der Waals surface area contributed by atoms with Crippen LogP contribution in [0.3, 0.4) is 0 Å². The van der Waals surface area contributed by atoms with Crippen molar-refractivity contribution < 1.29 is 17.9 Å². The number of allylic oxidation sites excluding steroid dienone is 3. The average molecular weight is 311 g/mol. The van der Waals surface area contributed by atoms with Crippen molar-refractivity contribution in [1.29, 1.82) is 0 Å². The molecule has 5 heteroatoms. The van der Waals surface area contributed by atoms with Crippen molar-refractivity contribution in [1.82, 2.24) is 5.32 Å². The Balaban J connectivity index is 2.06. The fourth-order valence-corrected chi connectivity index (χ4v) is 2.42. The van der Waals surface area contributed by atoms with Crippen LogP contribution in [-0.2, 0) is 6.18 Å². The van der Waals surface area contributed by atoms with E-state index in [4.69, 9.17) is 4.74 Å². The Hall–Kier alpha value is -1.75. The lowest BCUT2D eigenvalue weighted by Gasteiger charge is -2.26. The van der Waals surface area contributed by atoms with Crippen molar-refractivity contribution in [3.8, 4) is 5.75 Å². The lowest BCUT2D eigenvalue weighted by Crippen LogP contribution is -2.29. The second-order valence-corrected chi connectivity index (χ2v) is 5.28. The number of ether oxygens (including phenoxy) is 1. The second kappa shape index (κ2) is 7.49. The van der Waals surface area contributed by atoms with Gasteiger partial charge in [0.1, 0.15) is 11.9 Å². The zero-order valence-corrected chi connectivity index (χ0v) is 12.4. The Morgan fingerprint density at radius 2 is 1.95 bits per heavy atom. The minimum atomic E-state index is -4.32. The summed E-state index contributed by atoms with van der Waals surface area (Å²) in [5, 5.41) is 3.08. The highest BCUT2D eigenvalue weighted by atomic mass is 19.4. The van der Waals surface area contributed by atoms with Crippen LogP contribution >= 0.6 is 0 Å². The number of halogens is 3. The summed E-state index contributed by atoms with van der Waals surface area (Å²) in [7, 11) is 1.87. The minimum absolute atomic E-state index is 0.0645. The molecule has 2 atom stereocenters. The van der Waals surface area contributed by atoms with Gasteiger partial charge in [0.25, 0.3) is 0 Å². The molecule has 0 aliphatic heterocycles. The number of benzene rings is 1. The van der Waals surface area contributed by atoms with E-state index in [1.54, 1.807) is 0 Å². The van der Waals surface area contributed by atoms with Crippen molar-refractivity contribution in [3.63, 3.8) is 0 Å². The summed E-state index contributed by atoms with van der Waals surface area (Å²) in [6.45, 7) is 0.791. The van der Waals surface area contributed by atoms with Gasteiger partial charge in [0.2, 0.25) is 0 Å². The molecule has 2 rings (SSSR count). The molecule has 0 spiro atoms. The van der Waals surface area contributed by atoms with Crippen molar-refractivity contribution in [3.05, 3.63) is 54.1 Å². The average Bonchev–Trinajstić information content (AvgIpc) is 2.52. The standard InChI is InChI=1S/C17H20F3NO/c1-21-12-11-16(13-5-3-2-4-6-13)22-15-9-7-14(8-10-15)17(18,19)20/h2-5,7-10,13,16,21H,6,11-12H2,1H3. The van der Waals surface area contributed by atoms with E-state index in [1.807, 2.05) is 19.2 Å². The summed E-state index contributed by atoms with van der Waals surface area (Å²) in [4.78, 5) is 0. The third-order valence-electron chi connectivity index (χ3n) is 3.64. The number of hydrogen-bond acceptors (Lipinski definition) is 2. The van der Waals surface area contributed by atoms with Crippen LogP contribution in [-0.4, -0.2) is 19.7 Å². The smallest absolute Gasteiger partial charge is 0.416 e. The van der Waals surface area contributed by atoms with E-state index in [-0.39, 0.29) is 12.0 Å². The normalized spacial score (nSPS) is 19.2. The molecule has 22 heavy (non-hydrogen) atoms. The Bertz CT molecular complexity index is 520. The summed E-state index contributed by atoms with van der Waals surface area (Å²) < 4.78 is 43.7. The molecule has 1 aromatic rings. The largest absolute Gasteiger partial charge is 0.490 e. The molecule has 1 aliphatic rings. The molecule has 120 valence electrons. The van der Waals surface area contributed by atoms with Gasteiger partial charge in [-0.2, -0.15) is 13.2 Å². The molecule has 2 nitrogen and oxygen atoms in total. The van der Waals surface area contributed by atoms with E-state index in [2.05, 4.69) is 17.5 Å². The fourth-order valence-electron chi connectivity index (χ4n) is 2.42. The first-order valence-electron chi connectivity index (χ1n) is 7.32. The van der Waals surface area contributed by atoms with Gasteiger partial charge in [-0.15, -0.1) is 0 Å². The molecule has 0 heterocycles. The van der Waals surface area contributed by atoms with E-state index in [0.717, 1.165) is 31.5 Å². The highest BCUT2D eigenvalue weighted by molar-refractivity contribution is 5.29. The van der Waals surface area contributed by atoms with Crippen LogP contribution in [0, 0.1) is 5.92 Å². The van der Waals surface area contributed by atoms with Crippen molar-refractivity contribution in [2.45, 2.75) is 25.1 Å². The summed E-state index contributed by atoms with van der Waals surface area (Å²) in [6.07, 6.45) is 5.43. The minimum Gasteiger partial charge on any atom is -0.490 e. The number of rotatable bonds is 6. The topological polar surface area (TPSA) is 21.3 Å². The monoisotopic (exact) mass is 311 g/mol. The molecule has 1 N–H and O–H groups in total. The van der Waals surface area contributed by atoms with Gasteiger partial charge < -0.3 is 10.1 Å². The molecule has 0 saturated carbocycles. The maximum absolute atomic E-state index is 12.6. The molecule has 1 aromatic carbocycles. The molecule has 1 aliphatic carbocycles. The third kappa shape index (κ3) is 4.63. The summed E-state index contributed by atoms with van der Waals surface area (Å²) >= 11 is 0. The van der Waals surface area contributed by atoms with Gasteiger partial charge in [-0.25, -0.2) is 0 Å². The van der Waals surface area contributed by atoms with Crippen LogP contribution in [0.4, 0.5) is 13.2 Å². The van der Waals surface area contributed by atoms with Gasteiger partial charge in [0.15, 0.2) is 0 Å². The van der Waals surface area contributed by atoms with E-state index in [9.17, 15) is 13.2 Å². The van der Waals surface area contributed by atoms with Crippen LogP contribution in [0.2, 0.25) is 0 Å². The summed E-state index contributed by atoms with van der Waals surface area (Å²) in [5.74, 6) is 0.706. The lowest BCUT2D eigenvalue weighted by atomic mass is 9.92. The van der Waals surface area contributed by atoms with Gasteiger partial charge in [-0.1, -0.05) is 24.3 Å². The van der Waals surface area contributed by atoms with Crippen LogP contribution in [0.1, 0.15) is 18.4 Å². The Kier molecular flexibility index (Phi) is 5.66. The van der Waals surface area contributed by atoms with Crippen molar-refractivity contribution in [2.75, 3.05) is 13.6 Å². The molecule has 0 radical (unpaired) electrons. The first-order chi connectivity index (χ1) is 10.5. The second-order valence-electron chi connectivity index (χ2n) is 5.28. The molecule has 2 unspecified atom stereocenters. The highest BCUT2D eigenvalue weighted by Crippen LogP contribution is 2.31. The number of alkyl halides is 3. The van der Waals surface area contributed by atoms with Crippen LogP contribution < -0.4 is 10.1 Å². The first-order valence-corrected chi connectivity index (χ1v) is 7.32. The van der Waals surface area contributed by atoms with Crippen molar-refractivity contribution in [2.24, 2.45) is 5.92 Å².